The zero-order valence-electron chi connectivity index (χ0n) is 9.66. The molecular formula is C12H17NO2S. The summed E-state index contributed by atoms with van der Waals surface area (Å²) < 4.78 is 23.0. The van der Waals surface area contributed by atoms with E-state index in [0.29, 0.717) is 10.9 Å². The van der Waals surface area contributed by atoms with Gasteiger partial charge < -0.3 is 5.32 Å². The van der Waals surface area contributed by atoms with E-state index in [2.05, 4.69) is 5.32 Å². The van der Waals surface area contributed by atoms with Gasteiger partial charge in [-0.25, -0.2) is 8.42 Å². The highest BCUT2D eigenvalue weighted by molar-refractivity contribution is 7.90. The Morgan fingerprint density at radius 3 is 2.69 bits per heavy atom. The van der Waals surface area contributed by atoms with Gasteiger partial charge in [0.05, 0.1) is 4.90 Å². The van der Waals surface area contributed by atoms with Gasteiger partial charge in [0.15, 0.2) is 9.84 Å². The summed E-state index contributed by atoms with van der Waals surface area (Å²) in [5.41, 5.74) is 2.28. The quantitative estimate of drug-likeness (QED) is 0.856. The molecule has 1 saturated heterocycles. The second-order valence-corrected chi connectivity index (χ2v) is 6.46. The van der Waals surface area contributed by atoms with Crippen molar-refractivity contribution >= 4 is 9.84 Å². The fourth-order valence-corrected chi connectivity index (χ4v) is 2.83. The zero-order valence-corrected chi connectivity index (χ0v) is 10.5. The standard InChI is InChI=1S/C12H17NO2S/c1-9-5-6-10(16(2,14)15)8-11(9)12-4-3-7-13-12/h5-6,8,12-13H,3-4,7H2,1-2H3. The van der Waals surface area contributed by atoms with Crippen LogP contribution in [0.15, 0.2) is 23.1 Å². The third-order valence-corrected chi connectivity index (χ3v) is 4.22. The molecule has 88 valence electrons. The van der Waals surface area contributed by atoms with Crippen LogP contribution in [-0.4, -0.2) is 21.2 Å². The van der Waals surface area contributed by atoms with Crippen LogP contribution in [0.5, 0.6) is 0 Å². The molecule has 1 heterocycles. The van der Waals surface area contributed by atoms with E-state index in [1.165, 1.54) is 6.26 Å². The molecule has 1 aliphatic heterocycles. The highest BCUT2D eigenvalue weighted by Crippen LogP contribution is 2.27. The maximum absolute atomic E-state index is 11.5. The molecule has 0 amide bonds. The molecule has 0 bridgehead atoms. The maximum Gasteiger partial charge on any atom is 0.175 e. The Bertz CT molecular complexity index is 488. The van der Waals surface area contributed by atoms with Crippen molar-refractivity contribution in [1.82, 2.24) is 5.32 Å². The topological polar surface area (TPSA) is 46.2 Å². The Morgan fingerprint density at radius 1 is 1.38 bits per heavy atom. The Morgan fingerprint density at radius 2 is 2.12 bits per heavy atom. The molecule has 1 fully saturated rings. The van der Waals surface area contributed by atoms with Gasteiger partial charge >= 0.3 is 0 Å². The molecule has 4 heteroatoms. The lowest BCUT2D eigenvalue weighted by molar-refractivity contribution is 0.600. The number of sulfone groups is 1. The molecule has 0 spiro atoms. The lowest BCUT2D eigenvalue weighted by atomic mass is 10.0. The smallest absolute Gasteiger partial charge is 0.175 e. The summed E-state index contributed by atoms with van der Waals surface area (Å²) in [4.78, 5) is 0.418. The third kappa shape index (κ3) is 2.28. The predicted octanol–water partition coefficient (Wildman–Crippen LogP) is 1.82. The molecule has 2 rings (SSSR count). The van der Waals surface area contributed by atoms with E-state index in [4.69, 9.17) is 0 Å². The highest BCUT2D eigenvalue weighted by atomic mass is 32.2. The van der Waals surface area contributed by atoms with E-state index >= 15 is 0 Å². The van der Waals surface area contributed by atoms with E-state index in [1.54, 1.807) is 6.07 Å². The van der Waals surface area contributed by atoms with Gasteiger partial charge in [0.25, 0.3) is 0 Å². The minimum Gasteiger partial charge on any atom is -0.310 e. The summed E-state index contributed by atoms with van der Waals surface area (Å²) in [5, 5.41) is 3.40. The first-order chi connectivity index (χ1) is 7.48. The van der Waals surface area contributed by atoms with E-state index in [-0.39, 0.29) is 0 Å². The average Bonchev–Trinajstić information content (AvgIpc) is 2.69. The molecule has 16 heavy (non-hydrogen) atoms. The van der Waals surface area contributed by atoms with Gasteiger partial charge in [0.1, 0.15) is 0 Å². The second kappa shape index (κ2) is 4.18. The van der Waals surface area contributed by atoms with E-state index in [1.807, 2.05) is 19.1 Å². The molecule has 1 aromatic rings. The Hall–Kier alpha value is -0.870. The molecule has 3 nitrogen and oxygen atoms in total. The molecule has 1 aromatic carbocycles. The van der Waals surface area contributed by atoms with Crippen LogP contribution < -0.4 is 5.32 Å². The summed E-state index contributed by atoms with van der Waals surface area (Å²) >= 11 is 0. The predicted molar refractivity (Wildman–Crippen MR) is 64.3 cm³/mol. The fourth-order valence-electron chi connectivity index (χ4n) is 2.17. The van der Waals surface area contributed by atoms with Gasteiger partial charge in [-0.15, -0.1) is 0 Å². The summed E-state index contributed by atoms with van der Waals surface area (Å²) in [6, 6.07) is 5.71. The summed E-state index contributed by atoms with van der Waals surface area (Å²) in [5.74, 6) is 0. The third-order valence-electron chi connectivity index (χ3n) is 3.11. The molecule has 0 radical (unpaired) electrons. The van der Waals surface area contributed by atoms with E-state index in [9.17, 15) is 8.42 Å². The van der Waals surface area contributed by atoms with Crippen LogP contribution in [-0.2, 0) is 9.84 Å². The molecule has 1 unspecified atom stereocenters. The Balaban J connectivity index is 2.44. The van der Waals surface area contributed by atoms with Crippen LogP contribution >= 0.6 is 0 Å². The average molecular weight is 239 g/mol. The van der Waals surface area contributed by atoms with Crippen molar-refractivity contribution in [3.63, 3.8) is 0 Å². The van der Waals surface area contributed by atoms with Crippen LogP contribution in [0.3, 0.4) is 0 Å². The van der Waals surface area contributed by atoms with Crippen molar-refractivity contribution in [2.75, 3.05) is 12.8 Å². The minimum absolute atomic E-state index is 0.321. The van der Waals surface area contributed by atoms with Gasteiger partial charge in [-0.05, 0) is 49.6 Å². The highest BCUT2D eigenvalue weighted by Gasteiger charge is 2.19. The molecule has 1 aliphatic rings. The van der Waals surface area contributed by atoms with Crippen molar-refractivity contribution in [2.24, 2.45) is 0 Å². The van der Waals surface area contributed by atoms with Crippen molar-refractivity contribution in [2.45, 2.75) is 30.7 Å². The number of aryl methyl sites for hydroxylation is 1. The molecule has 0 saturated carbocycles. The Kier molecular flexibility index (Phi) is 3.04. The monoisotopic (exact) mass is 239 g/mol. The van der Waals surface area contributed by atoms with Crippen LogP contribution in [0.4, 0.5) is 0 Å². The SMILES string of the molecule is Cc1ccc(S(C)(=O)=O)cc1C1CCCN1. The first kappa shape index (κ1) is 11.6. The normalized spacial score (nSPS) is 21.2. The van der Waals surface area contributed by atoms with Gasteiger partial charge in [0.2, 0.25) is 0 Å². The van der Waals surface area contributed by atoms with Crippen LogP contribution in [0.2, 0.25) is 0 Å². The van der Waals surface area contributed by atoms with Crippen molar-refractivity contribution in [3.05, 3.63) is 29.3 Å². The maximum atomic E-state index is 11.5. The number of nitrogens with one attached hydrogen (secondary N) is 1. The fraction of sp³-hybridized carbons (Fsp3) is 0.500. The van der Waals surface area contributed by atoms with Crippen molar-refractivity contribution in [1.29, 1.82) is 0 Å². The molecule has 0 aliphatic carbocycles. The van der Waals surface area contributed by atoms with E-state index < -0.39 is 9.84 Å². The summed E-state index contributed by atoms with van der Waals surface area (Å²) in [6.07, 6.45) is 3.50. The lowest BCUT2D eigenvalue weighted by Crippen LogP contribution is -2.14. The summed E-state index contributed by atoms with van der Waals surface area (Å²) in [6.45, 7) is 3.05. The minimum atomic E-state index is -3.10. The lowest BCUT2D eigenvalue weighted by Gasteiger charge is -2.14. The molecule has 1 N–H and O–H groups in total. The molecule has 0 aromatic heterocycles. The van der Waals surface area contributed by atoms with Gasteiger partial charge in [-0.2, -0.15) is 0 Å². The number of benzene rings is 1. The van der Waals surface area contributed by atoms with Crippen LogP contribution in [0, 0.1) is 6.92 Å². The summed E-state index contributed by atoms with van der Waals surface area (Å²) in [7, 11) is -3.10. The van der Waals surface area contributed by atoms with E-state index in [0.717, 1.165) is 30.5 Å². The van der Waals surface area contributed by atoms with Crippen molar-refractivity contribution < 1.29 is 8.42 Å². The number of rotatable bonds is 2. The van der Waals surface area contributed by atoms with Crippen LogP contribution in [0.25, 0.3) is 0 Å². The van der Waals surface area contributed by atoms with Crippen LogP contribution in [0.1, 0.15) is 30.0 Å². The first-order valence-corrected chi connectivity index (χ1v) is 7.41. The largest absolute Gasteiger partial charge is 0.310 e. The van der Waals surface area contributed by atoms with Crippen molar-refractivity contribution in [3.8, 4) is 0 Å². The molecule has 1 atom stereocenters. The van der Waals surface area contributed by atoms with Gasteiger partial charge in [0, 0.05) is 12.3 Å². The first-order valence-electron chi connectivity index (χ1n) is 5.52. The zero-order chi connectivity index (χ0) is 11.8. The number of hydrogen-bond donors (Lipinski definition) is 1. The molecular weight excluding hydrogens is 222 g/mol. The van der Waals surface area contributed by atoms with Gasteiger partial charge in [-0.3, -0.25) is 0 Å². The second-order valence-electron chi connectivity index (χ2n) is 4.44. The number of hydrogen-bond acceptors (Lipinski definition) is 3. The van der Waals surface area contributed by atoms with Gasteiger partial charge in [-0.1, -0.05) is 6.07 Å². The Labute approximate surface area is 96.8 Å².